The van der Waals surface area contributed by atoms with E-state index < -0.39 is 0 Å². The van der Waals surface area contributed by atoms with Crippen LogP contribution in [0.5, 0.6) is 5.75 Å². The van der Waals surface area contributed by atoms with Crippen molar-refractivity contribution < 1.29 is 9.53 Å². The first-order valence-corrected chi connectivity index (χ1v) is 7.12. The van der Waals surface area contributed by atoms with Crippen LogP contribution in [-0.4, -0.2) is 23.1 Å². The minimum absolute atomic E-state index is 0.0971. The van der Waals surface area contributed by atoms with Gasteiger partial charge in [-0.15, -0.1) is 0 Å². The van der Waals surface area contributed by atoms with Crippen LogP contribution >= 0.6 is 23.4 Å². The number of hydrogen-bond donors (Lipinski definition) is 2. The second-order valence-electron chi connectivity index (χ2n) is 3.83. The third kappa shape index (κ3) is 4.04. The molecule has 0 fully saturated rings. The summed E-state index contributed by atoms with van der Waals surface area (Å²) in [6, 6.07) is 7.02. The Morgan fingerprint density at radius 2 is 2.37 bits per heavy atom. The number of nitrogens with one attached hydrogen (secondary N) is 2. The number of nitrogens with zero attached hydrogens (tertiary/aromatic N) is 1. The minimum atomic E-state index is -0.260. The molecule has 5 nitrogen and oxygen atoms in total. The highest BCUT2D eigenvalue weighted by Gasteiger charge is 2.19. The molecule has 1 aliphatic heterocycles. The predicted molar refractivity (Wildman–Crippen MR) is 77.3 cm³/mol. The molecule has 1 atom stereocenters. The van der Waals surface area contributed by atoms with Gasteiger partial charge < -0.3 is 10.1 Å². The van der Waals surface area contributed by atoms with Gasteiger partial charge in [-0.3, -0.25) is 10.2 Å². The van der Waals surface area contributed by atoms with Crippen LogP contribution in [-0.2, 0) is 4.79 Å². The summed E-state index contributed by atoms with van der Waals surface area (Å²) in [5.41, 5.74) is 2.92. The van der Waals surface area contributed by atoms with E-state index in [2.05, 4.69) is 15.8 Å². The third-order valence-corrected chi connectivity index (χ3v) is 3.83. The SMILES string of the molecule is CCC1NN=C(NC(=O)COc2ccccc2Cl)S1. The van der Waals surface area contributed by atoms with Crippen LogP contribution < -0.4 is 15.5 Å². The normalized spacial score (nSPS) is 17.6. The highest BCUT2D eigenvalue weighted by molar-refractivity contribution is 8.14. The molecule has 0 aliphatic carbocycles. The van der Waals surface area contributed by atoms with Gasteiger partial charge in [0.1, 0.15) is 5.75 Å². The van der Waals surface area contributed by atoms with Crippen molar-refractivity contribution in [3.63, 3.8) is 0 Å². The third-order valence-electron chi connectivity index (χ3n) is 2.38. The fraction of sp³-hybridized carbons (Fsp3) is 0.333. The van der Waals surface area contributed by atoms with Gasteiger partial charge in [0.15, 0.2) is 11.8 Å². The Balaban J connectivity index is 1.78. The lowest BCUT2D eigenvalue weighted by Crippen LogP contribution is -2.32. The number of halogens is 1. The van der Waals surface area contributed by atoms with Crippen molar-refractivity contribution in [2.45, 2.75) is 18.7 Å². The predicted octanol–water partition coefficient (Wildman–Crippen LogP) is 2.18. The zero-order valence-electron chi connectivity index (χ0n) is 10.4. The maximum atomic E-state index is 11.7. The van der Waals surface area contributed by atoms with Crippen molar-refractivity contribution in [1.82, 2.24) is 10.7 Å². The van der Waals surface area contributed by atoms with Crippen molar-refractivity contribution >= 4 is 34.4 Å². The van der Waals surface area contributed by atoms with Gasteiger partial charge in [0.05, 0.1) is 10.4 Å². The van der Waals surface area contributed by atoms with E-state index >= 15 is 0 Å². The Kier molecular flexibility index (Phi) is 4.93. The Hall–Kier alpha value is -1.40. The average Bonchev–Trinajstić information content (AvgIpc) is 2.85. The zero-order valence-corrected chi connectivity index (χ0v) is 11.9. The van der Waals surface area contributed by atoms with Gasteiger partial charge in [-0.1, -0.05) is 42.4 Å². The Labute approximate surface area is 120 Å². The molecule has 1 aromatic rings. The van der Waals surface area contributed by atoms with Gasteiger partial charge in [0.25, 0.3) is 5.91 Å². The lowest BCUT2D eigenvalue weighted by Gasteiger charge is -2.08. The summed E-state index contributed by atoms with van der Waals surface area (Å²) in [6.07, 6.45) is 0.934. The molecule has 0 spiro atoms. The van der Waals surface area contributed by atoms with Crippen LogP contribution in [0, 0.1) is 0 Å². The van der Waals surface area contributed by atoms with Crippen LogP contribution in [0.3, 0.4) is 0 Å². The second kappa shape index (κ2) is 6.68. The lowest BCUT2D eigenvalue weighted by atomic mass is 10.3. The maximum absolute atomic E-state index is 11.7. The monoisotopic (exact) mass is 299 g/mol. The summed E-state index contributed by atoms with van der Waals surface area (Å²) < 4.78 is 5.33. The van der Waals surface area contributed by atoms with Crippen LogP contribution in [0.25, 0.3) is 0 Å². The van der Waals surface area contributed by atoms with Gasteiger partial charge >= 0.3 is 0 Å². The van der Waals surface area contributed by atoms with Crippen molar-refractivity contribution in [3.05, 3.63) is 29.3 Å². The molecule has 0 saturated heterocycles. The number of rotatable bonds is 4. The minimum Gasteiger partial charge on any atom is -0.482 e. The van der Waals surface area contributed by atoms with Gasteiger partial charge in [-0.2, -0.15) is 5.10 Å². The Bertz CT molecular complexity index is 496. The highest BCUT2D eigenvalue weighted by atomic mass is 35.5. The number of thioether (sulfide) groups is 1. The summed E-state index contributed by atoms with van der Waals surface area (Å²) in [5.74, 6) is 0.231. The molecule has 2 rings (SSSR count). The maximum Gasteiger partial charge on any atom is 0.263 e. The average molecular weight is 300 g/mol. The van der Waals surface area contributed by atoms with E-state index in [0.29, 0.717) is 15.9 Å². The fourth-order valence-corrected chi connectivity index (χ4v) is 2.42. The molecule has 1 amide bonds. The number of amidine groups is 1. The largest absolute Gasteiger partial charge is 0.482 e. The van der Waals surface area contributed by atoms with E-state index in [1.807, 2.05) is 6.92 Å². The highest BCUT2D eigenvalue weighted by Crippen LogP contribution is 2.23. The van der Waals surface area contributed by atoms with Gasteiger partial charge in [0, 0.05) is 0 Å². The number of benzene rings is 1. The molecular weight excluding hydrogens is 286 g/mol. The molecule has 1 heterocycles. The molecular formula is C12H14ClN3O2S. The number of ether oxygens (including phenoxy) is 1. The number of carbonyl (C=O) groups is 1. The van der Waals surface area contributed by atoms with E-state index in [1.165, 1.54) is 11.8 Å². The van der Waals surface area contributed by atoms with Crippen molar-refractivity contribution in [2.75, 3.05) is 6.61 Å². The number of para-hydroxylation sites is 1. The number of amides is 1. The molecule has 7 heteroatoms. The quantitative estimate of drug-likeness (QED) is 0.894. The van der Waals surface area contributed by atoms with E-state index in [0.717, 1.165) is 6.42 Å². The van der Waals surface area contributed by atoms with Gasteiger partial charge in [-0.05, 0) is 18.6 Å². The smallest absolute Gasteiger partial charge is 0.263 e. The van der Waals surface area contributed by atoms with E-state index in [9.17, 15) is 4.79 Å². The summed E-state index contributed by atoms with van der Waals surface area (Å²) in [6.45, 7) is 1.95. The first-order chi connectivity index (χ1) is 9.19. The molecule has 102 valence electrons. The Morgan fingerprint density at radius 3 is 3.05 bits per heavy atom. The van der Waals surface area contributed by atoms with Gasteiger partial charge in [0.2, 0.25) is 0 Å². The number of carbonyl (C=O) groups excluding carboxylic acids is 1. The first-order valence-electron chi connectivity index (χ1n) is 5.86. The molecule has 0 saturated carbocycles. The molecule has 0 bridgehead atoms. The first kappa shape index (κ1) is 14.0. The summed E-state index contributed by atoms with van der Waals surface area (Å²) in [5, 5.41) is 7.97. The van der Waals surface area contributed by atoms with Crippen LogP contribution in [0.1, 0.15) is 13.3 Å². The molecule has 0 radical (unpaired) electrons. The van der Waals surface area contributed by atoms with E-state index in [4.69, 9.17) is 16.3 Å². The fourth-order valence-electron chi connectivity index (χ4n) is 1.41. The van der Waals surface area contributed by atoms with E-state index in [-0.39, 0.29) is 17.9 Å². The van der Waals surface area contributed by atoms with Crippen molar-refractivity contribution in [2.24, 2.45) is 5.10 Å². The molecule has 2 N–H and O–H groups in total. The molecule has 1 aromatic carbocycles. The van der Waals surface area contributed by atoms with E-state index in [1.54, 1.807) is 24.3 Å². The second-order valence-corrected chi connectivity index (χ2v) is 5.43. The molecule has 19 heavy (non-hydrogen) atoms. The molecule has 1 unspecified atom stereocenters. The molecule has 0 aromatic heterocycles. The molecule has 1 aliphatic rings. The Morgan fingerprint density at radius 1 is 1.58 bits per heavy atom. The van der Waals surface area contributed by atoms with Crippen LogP contribution in [0.4, 0.5) is 0 Å². The van der Waals surface area contributed by atoms with Crippen molar-refractivity contribution in [3.8, 4) is 5.75 Å². The summed E-state index contributed by atoms with van der Waals surface area (Å²) in [7, 11) is 0. The topological polar surface area (TPSA) is 62.7 Å². The number of hydrogen-bond acceptors (Lipinski definition) is 5. The summed E-state index contributed by atoms with van der Waals surface area (Å²) >= 11 is 7.41. The number of hydrazone groups is 1. The van der Waals surface area contributed by atoms with Gasteiger partial charge in [-0.25, -0.2) is 0 Å². The zero-order chi connectivity index (χ0) is 13.7. The van der Waals surface area contributed by atoms with Crippen LogP contribution in [0.2, 0.25) is 5.02 Å². The van der Waals surface area contributed by atoms with Crippen LogP contribution in [0.15, 0.2) is 29.4 Å². The summed E-state index contributed by atoms with van der Waals surface area (Å²) in [4.78, 5) is 11.7. The lowest BCUT2D eigenvalue weighted by molar-refractivity contribution is -0.121. The van der Waals surface area contributed by atoms with Crippen molar-refractivity contribution in [1.29, 1.82) is 0 Å². The standard InChI is InChI=1S/C12H14ClN3O2S/c1-2-11-15-16-12(19-11)14-10(17)7-18-9-6-4-3-5-8(9)13/h3-6,11,15H,2,7H2,1H3,(H,14,16,17).